The van der Waals surface area contributed by atoms with E-state index in [2.05, 4.69) is 32.1 Å². The van der Waals surface area contributed by atoms with Crippen molar-refractivity contribution in [2.45, 2.75) is 32.3 Å². The second kappa shape index (κ2) is 6.80. The van der Waals surface area contributed by atoms with Crippen molar-refractivity contribution in [3.63, 3.8) is 0 Å². The van der Waals surface area contributed by atoms with Crippen LogP contribution in [0.3, 0.4) is 0 Å². The smallest absolute Gasteiger partial charge is 0.328 e. The van der Waals surface area contributed by atoms with Crippen LogP contribution in [0.4, 0.5) is 0 Å². The minimum atomic E-state index is -0.969. The Bertz CT molecular complexity index is 493. The highest BCUT2D eigenvalue weighted by atomic mass is 16.4. The number of hydrogen-bond donors (Lipinski definition) is 3. The number of allylic oxidation sites excluding steroid dienone is 5. The lowest BCUT2D eigenvalue weighted by atomic mass is 9.58. The van der Waals surface area contributed by atoms with Crippen LogP contribution in [0.25, 0.3) is 0 Å². The molecule has 0 radical (unpaired) electrons. The summed E-state index contributed by atoms with van der Waals surface area (Å²) in [6.45, 7) is 4.12. The van der Waals surface area contributed by atoms with Crippen molar-refractivity contribution in [2.75, 3.05) is 6.61 Å². The van der Waals surface area contributed by atoms with E-state index in [1.54, 1.807) is 6.08 Å². The van der Waals surface area contributed by atoms with Crippen molar-refractivity contribution in [3.05, 3.63) is 36.5 Å². The molecule has 0 amide bonds. The molecule has 2 rings (SSSR count). The molecular weight excluding hydrogens is 280 g/mol. The van der Waals surface area contributed by atoms with Gasteiger partial charge in [-0.25, -0.2) is 4.79 Å². The normalized spacial score (nSPS) is 41.9. The number of carboxylic acids is 1. The Morgan fingerprint density at radius 2 is 2.00 bits per heavy atom. The molecule has 0 aromatic rings. The molecule has 0 aromatic heterocycles. The Balaban J connectivity index is 2.18. The summed E-state index contributed by atoms with van der Waals surface area (Å²) >= 11 is 0. The van der Waals surface area contributed by atoms with Gasteiger partial charge in [-0.2, -0.15) is 0 Å². The van der Waals surface area contributed by atoms with Gasteiger partial charge in [-0.15, -0.1) is 0 Å². The van der Waals surface area contributed by atoms with Gasteiger partial charge in [0.05, 0.1) is 12.2 Å². The van der Waals surface area contributed by atoms with Crippen LogP contribution >= 0.6 is 0 Å². The number of hydrogen-bond acceptors (Lipinski definition) is 3. The number of fused-ring (bicyclic) bond motifs is 1. The van der Waals surface area contributed by atoms with E-state index < -0.39 is 11.6 Å². The molecule has 4 heteroatoms. The average Bonchev–Trinajstić information content (AvgIpc) is 2.45. The van der Waals surface area contributed by atoms with E-state index in [9.17, 15) is 15.0 Å². The third kappa shape index (κ3) is 3.68. The zero-order valence-corrected chi connectivity index (χ0v) is 13.2. The van der Waals surface area contributed by atoms with Gasteiger partial charge < -0.3 is 15.3 Å². The summed E-state index contributed by atoms with van der Waals surface area (Å²) in [4.78, 5) is 10.5. The van der Waals surface area contributed by atoms with Crippen molar-refractivity contribution >= 4 is 5.97 Å². The third-order valence-corrected chi connectivity index (χ3v) is 5.16. The quantitative estimate of drug-likeness (QED) is 0.423. The first-order valence-electron chi connectivity index (χ1n) is 7.95. The molecule has 0 bridgehead atoms. The van der Waals surface area contributed by atoms with Gasteiger partial charge in [0.25, 0.3) is 0 Å². The van der Waals surface area contributed by atoms with E-state index in [4.69, 9.17) is 5.11 Å². The third-order valence-electron chi connectivity index (χ3n) is 5.16. The second-order valence-electron chi connectivity index (χ2n) is 6.91. The van der Waals surface area contributed by atoms with Gasteiger partial charge in [0.1, 0.15) is 0 Å². The van der Waals surface area contributed by atoms with Crippen LogP contribution in [-0.4, -0.2) is 33.5 Å². The summed E-state index contributed by atoms with van der Waals surface area (Å²) in [5, 5.41) is 28.5. The number of carbonyl (C=O) groups is 1. The number of aliphatic hydroxyl groups excluding tert-OH is 1. The summed E-state index contributed by atoms with van der Waals surface area (Å²) in [6, 6.07) is 0. The Kier molecular flexibility index (Phi) is 5.24. The molecule has 0 saturated heterocycles. The van der Waals surface area contributed by atoms with E-state index in [-0.39, 0.29) is 12.5 Å². The van der Waals surface area contributed by atoms with Crippen LogP contribution in [-0.2, 0) is 4.79 Å². The van der Waals surface area contributed by atoms with Crippen LogP contribution in [0.5, 0.6) is 0 Å². The predicted octanol–water partition coefficient (Wildman–Crippen LogP) is 2.39. The van der Waals surface area contributed by atoms with Crippen LogP contribution in [0.2, 0.25) is 0 Å². The number of aliphatic carboxylic acids is 1. The topological polar surface area (TPSA) is 77.8 Å². The van der Waals surface area contributed by atoms with Crippen molar-refractivity contribution in [1.82, 2.24) is 0 Å². The molecule has 3 N–H and O–H groups in total. The maximum Gasteiger partial charge on any atom is 0.328 e. The monoisotopic (exact) mass is 306 g/mol. The SMILES string of the molecule is CC1C=CC2CC(O)(CO)CC(C)C2C1C=CC=CC(=O)O. The zero-order valence-electron chi connectivity index (χ0n) is 13.2. The molecular formula is C18H26O4. The zero-order chi connectivity index (χ0) is 16.3. The molecule has 1 fully saturated rings. The molecule has 0 spiro atoms. The Morgan fingerprint density at radius 3 is 2.64 bits per heavy atom. The van der Waals surface area contributed by atoms with Gasteiger partial charge in [0.15, 0.2) is 0 Å². The maximum absolute atomic E-state index is 10.5. The first-order valence-corrected chi connectivity index (χ1v) is 7.95. The fourth-order valence-electron chi connectivity index (χ4n) is 4.24. The van der Waals surface area contributed by atoms with Gasteiger partial charge in [-0.1, -0.05) is 44.2 Å². The summed E-state index contributed by atoms with van der Waals surface area (Å²) in [7, 11) is 0. The molecule has 122 valence electrons. The lowest BCUT2D eigenvalue weighted by molar-refractivity contribution is -0.131. The molecule has 4 nitrogen and oxygen atoms in total. The standard InChI is InChI=1S/C18H26O4/c1-12-7-8-14-10-18(22,11-19)9-13(2)17(14)15(12)5-3-4-6-16(20)21/h3-8,12-15,17,19,22H,9-11H2,1-2H3,(H,20,21). The van der Waals surface area contributed by atoms with Gasteiger partial charge in [-0.05, 0) is 42.4 Å². The molecule has 1 saturated carbocycles. The van der Waals surface area contributed by atoms with Crippen LogP contribution in [0.15, 0.2) is 36.5 Å². The lowest BCUT2D eigenvalue weighted by Crippen LogP contribution is -2.49. The van der Waals surface area contributed by atoms with E-state index in [0.29, 0.717) is 36.5 Å². The van der Waals surface area contributed by atoms with Crippen molar-refractivity contribution < 1.29 is 20.1 Å². The van der Waals surface area contributed by atoms with E-state index in [1.807, 2.05) is 6.08 Å². The molecule has 2 aliphatic rings. The summed E-state index contributed by atoms with van der Waals surface area (Å²) in [5.74, 6) is 0.751. The number of rotatable bonds is 4. The van der Waals surface area contributed by atoms with Crippen LogP contribution in [0.1, 0.15) is 26.7 Å². The lowest BCUT2D eigenvalue weighted by Gasteiger charge is -2.49. The van der Waals surface area contributed by atoms with Crippen LogP contribution in [0, 0.1) is 29.6 Å². The molecule has 2 aliphatic carbocycles. The number of carboxylic acid groups (broad SMARTS) is 1. The highest BCUT2D eigenvalue weighted by molar-refractivity contribution is 5.80. The van der Waals surface area contributed by atoms with Crippen molar-refractivity contribution in [1.29, 1.82) is 0 Å². The highest BCUT2D eigenvalue weighted by Gasteiger charge is 2.46. The predicted molar refractivity (Wildman–Crippen MR) is 85.1 cm³/mol. The minimum Gasteiger partial charge on any atom is -0.478 e. The van der Waals surface area contributed by atoms with Crippen molar-refractivity contribution in [2.24, 2.45) is 29.6 Å². The molecule has 6 unspecified atom stereocenters. The van der Waals surface area contributed by atoms with Crippen LogP contribution < -0.4 is 0 Å². The summed E-state index contributed by atoms with van der Waals surface area (Å²) < 4.78 is 0. The summed E-state index contributed by atoms with van der Waals surface area (Å²) in [6.07, 6.45) is 12.1. The molecule has 6 atom stereocenters. The Labute approximate surface area is 131 Å². The fourth-order valence-corrected chi connectivity index (χ4v) is 4.24. The van der Waals surface area contributed by atoms with Crippen molar-refractivity contribution in [3.8, 4) is 0 Å². The van der Waals surface area contributed by atoms with Gasteiger partial charge in [0.2, 0.25) is 0 Å². The maximum atomic E-state index is 10.5. The van der Waals surface area contributed by atoms with E-state index >= 15 is 0 Å². The first kappa shape index (κ1) is 17.0. The molecule has 0 heterocycles. The van der Waals surface area contributed by atoms with E-state index in [0.717, 1.165) is 6.08 Å². The average molecular weight is 306 g/mol. The van der Waals surface area contributed by atoms with Gasteiger partial charge in [-0.3, -0.25) is 0 Å². The number of aliphatic hydroxyl groups is 2. The van der Waals surface area contributed by atoms with E-state index in [1.165, 1.54) is 0 Å². The summed E-state index contributed by atoms with van der Waals surface area (Å²) in [5.41, 5.74) is -0.969. The first-order chi connectivity index (χ1) is 10.4. The second-order valence-corrected chi connectivity index (χ2v) is 6.91. The molecule has 22 heavy (non-hydrogen) atoms. The molecule has 0 aromatic carbocycles. The van der Waals surface area contributed by atoms with Gasteiger partial charge in [0, 0.05) is 6.08 Å². The highest BCUT2D eigenvalue weighted by Crippen LogP contribution is 2.49. The molecule has 0 aliphatic heterocycles. The Hall–Kier alpha value is -1.39. The fraction of sp³-hybridized carbons (Fsp3) is 0.611. The largest absolute Gasteiger partial charge is 0.478 e. The van der Waals surface area contributed by atoms with Gasteiger partial charge >= 0.3 is 5.97 Å². The Morgan fingerprint density at radius 1 is 1.27 bits per heavy atom. The minimum absolute atomic E-state index is 0.189.